The van der Waals surface area contributed by atoms with Gasteiger partial charge in [-0.2, -0.15) is 0 Å². The molecule has 4 heteroatoms. The molecule has 1 N–H and O–H groups in total. The maximum absolute atomic E-state index is 6.62. The van der Waals surface area contributed by atoms with Crippen LogP contribution in [0.5, 0.6) is 5.75 Å². The van der Waals surface area contributed by atoms with Gasteiger partial charge in [-0.25, -0.2) is 0 Å². The van der Waals surface area contributed by atoms with E-state index >= 15 is 0 Å². The topological polar surface area (TPSA) is 39.7 Å². The Hall–Kier alpha value is -2.82. The fourth-order valence-electron chi connectivity index (χ4n) is 5.18. The third-order valence-electron chi connectivity index (χ3n) is 7.63. The quantitative estimate of drug-likeness (QED) is 0.307. The smallest absolute Gasteiger partial charge is 0.132 e. The van der Waals surface area contributed by atoms with Gasteiger partial charge in [-0.3, -0.25) is 0 Å². The molecule has 1 heterocycles. The Kier molecular flexibility index (Phi) is 8.73. The highest BCUT2D eigenvalue weighted by Crippen LogP contribution is 2.45. The molecule has 0 amide bonds. The van der Waals surface area contributed by atoms with Crippen LogP contribution in [0.25, 0.3) is 0 Å². The molecule has 4 nitrogen and oxygen atoms in total. The summed E-state index contributed by atoms with van der Waals surface area (Å²) in [6.45, 7) is 23.0. The van der Waals surface area contributed by atoms with Crippen molar-refractivity contribution in [2.45, 2.75) is 117 Å². The summed E-state index contributed by atoms with van der Waals surface area (Å²) in [5, 5.41) is 3.60. The van der Waals surface area contributed by atoms with E-state index in [1.807, 2.05) is 0 Å². The maximum Gasteiger partial charge on any atom is 0.132 e. The Balaban J connectivity index is 1.53. The fourth-order valence-corrected chi connectivity index (χ4v) is 5.18. The molecular weight excluding hydrogens is 494 g/mol. The predicted octanol–water partition coefficient (Wildman–Crippen LogP) is 9.12. The fraction of sp³-hybridized carbons (Fsp3) is 0.500. The molecule has 0 saturated carbocycles. The van der Waals surface area contributed by atoms with Crippen molar-refractivity contribution in [1.82, 2.24) is 0 Å². The average Bonchev–Trinajstić information content (AvgIpc) is 2.86. The lowest BCUT2D eigenvalue weighted by Gasteiger charge is -2.45. The molecule has 3 aromatic carbocycles. The van der Waals surface area contributed by atoms with Crippen LogP contribution in [0.3, 0.4) is 0 Å². The highest BCUT2D eigenvalue weighted by molar-refractivity contribution is 5.54. The van der Waals surface area contributed by atoms with Gasteiger partial charge in [-0.15, -0.1) is 0 Å². The molecule has 2 atom stereocenters. The number of ether oxygens (including phenoxy) is 3. The first kappa shape index (κ1) is 30.1. The van der Waals surface area contributed by atoms with E-state index in [0.29, 0.717) is 6.61 Å². The summed E-state index contributed by atoms with van der Waals surface area (Å²) in [6, 6.07) is 23.9. The van der Waals surface area contributed by atoms with E-state index in [1.165, 1.54) is 16.7 Å². The van der Waals surface area contributed by atoms with Gasteiger partial charge in [0.05, 0.1) is 12.7 Å². The van der Waals surface area contributed by atoms with E-state index in [2.05, 4.69) is 141 Å². The number of rotatable bonds is 8. The van der Waals surface area contributed by atoms with E-state index in [4.69, 9.17) is 14.2 Å². The van der Waals surface area contributed by atoms with Crippen molar-refractivity contribution in [1.29, 1.82) is 0 Å². The number of nitrogens with one attached hydrogen (secondary N) is 1. The summed E-state index contributed by atoms with van der Waals surface area (Å²) in [6.07, 6.45) is -0.479. The van der Waals surface area contributed by atoms with E-state index in [9.17, 15) is 0 Å². The van der Waals surface area contributed by atoms with Gasteiger partial charge in [0.15, 0.2) is 0 Å². The molecule has 40 heavy (non-hydrogen) atoms. The molecule has 3 aromatic rings. The zero-order valence-electron chi connectivity index (χ0n) is 26.2. The van der Waals surface area contributed by atoms with Crippen molar-refractivity contribution in [2.75, 3.05) is 5.32 Å². The summed E-state index contributed by atoms with van der Waals surface area (Å²) in [4.78, 5) is 0. The van der Waals surface area contributed by atoms with Crippen LogP contribution in [0.1, 0.15) is 103 Å². The minimum atomic E-state index is -0.554. The van der Waals surface area contributed by atoms with Crippen molar-refractivity contribution in [3.05, 3.63) is 94.5 Å². The minimum Gasteiger partial charge on any atom is -0.485 e. The van der Waals surface area contributed by atoms with Crippen molar-refractivity contribution in [3.63, 3.8) is 0 Å². The van der Waals surface area contributed by atoms with Crippen LogP contribution in [0, 0.1) is 0 Å². The predicted molar refractivity (Wildman–Crippen MR) is 166 cm³/mol. The monoisotopic (exact) mass is 543 g/mol. The van der Waals surface area contributed by atoms with Crippen LogP contribution in [0.4, 0.5) is 5.69 Å². The highest BCUT2D eigenvalue weighted by Gasteiger charge is 2.46. The number of benzene rings is 3. The number of hydrogen-bond donors (Lipinski definition) is 1. The molecule has 2 unspecified atom stereocenters. The molecule has 0 aliphatic carbocycles. The van der Waals surface area contributed by atoms with Gasteiger partial charge in [0.25, 0.3) is 0 Å². The zero-order chi connectivity index (χ0) is 29.3. The number of anilines is 1. The molecule has 1 aliphatic rings. The van der Waals surface area contributed by atoms with Gasteiger partial charge < -0.3 is 19.5 Å². The Labute approximate surface area is 242 Å². The lowest BCUT2D eigenvalue weighted by molar-refractivity contribution is -0.177. The van der Waals surface area contributed by atoms with Crippen molar-refractivity contribution in [2.24, 2.45) is 0 Å². The Morgan fingerprint density at radius 2 is 1.35 bits per heavy atom. The third kappa shape index (κ3) is 7.27. The van der Waals surface area contributed by atoms with Crippen LogP contribution in [-0.2, 0) is 33.5 Å². The normalized spacial score (nSPS) is 18.8. The summed E-state index contributed by atoms with van der Waals surface area (Å²) in [5.41, 5.74) is 6.83. The summed E-state index contributed by atoms with van der Waals surface area (Å²) >= 11 is 0. The van der Waals surface area contributed by atoms with Crippen LogP contribution in [0.15, 0.2) is 66.7 Å². The third-order valence-corrected chi connectivity index (χ3v) is 7.63. The molecule has 0 radical (unpaired) electrons. The summed E-state index contributed by atoms with van der Waals surface area (Å²) < 4.78 is 19.7. The second kappa shape index (κ2) is 11.6. The van der Waals surface area contributed by atoms with E-state index < -0.39 is 5.60 Å². The molecule has 0 saturated heterocycles. The van der Waals surface area contributed by atoms with Gasteiger partial charge in [0, 0.05) is 17.8 Å². The molecule has 4 rings (SSSR count). The van der Waals surface area contributed by atoms with E-state index in [-0.39, 0.29) is 29.1 Å². The van der Waals surface area contributed by atoms with Crippen LogP contribution >= 0.6 is 0 Å². The van der Waals surface area contributed by atoms with Gasteiger partial charge in [-0.1, -0.05) is 90.1 Å². The molecule has 0 spiro atoms. The first-order valence-electron chi connectivity index (χ1n) is 14.7. The number of fused-ring (bicyclic) bond motifs is 1. The zero-order valence-corrected chi connectivity index (χ0v) is 26.2. The lowest BCUT2D eigenvalue weighted by atomic mass is 9.86. The van der Waals surface area contributed by atoms with Crippen molar-refractivity contribution >= 4 is 5.69 Å². The molecule has 216 valence electrons. The first-order chi connectivity index (χ1) is 18.6. The second-order valence-corrected chi connectivity index (χ2v) is 14.0. The van der Waals surface area contributed by atoms with Crippen molar-refractivity contribution < 1.29 is 14.2 Å². The Morgan fingerprint density at radius 3 is 1.88 bits per heavy atom. The Morgan fingerprint density at radius 1 is 0.800 bits per heavy atom. The lowest BCUT2D eigenvalue weighted by Crippen LogP contribution is -2.51. The van der Waals surface area contributed by atoms with Crippen LogP contribution in [-0.4, -0.2) is 17.8 Å². The van der Waals surface area contributed by atoms with Gasteiger partial charge in [0.2, 0.25) is 0 Å². The first-order valence-corrected chi connectivity index (χ1v) is 14.7. The van der Waals surface area contributed by atoms with E-state index in [1.54, 1.807) is 0 Å². The maximum atomic E-state index is 6.62. The van der Waals surface area contributed by atoms with Gasteiger partial charge >= 0.3 is 0 Å². The average molecular weight is 544 g/mol. The Bertz CT molecular complexity index is 1260. The SMILES string of the molecule is CC(C)OC1c2cc(NCc3ccc(C(C)(C)C)cc3)ccc2OC(C)(C)C1OCc1ccc(C(C)(C)C)cc1. The molecular formula is C36H49NO3. The largest absolute Gasteiger partial charge is 0.485 e. The summed E-state index contributed by atoms with van der Waals surface area (Å²) in [7, 11) is 0. The van der Waals surface area contributed by atoms with Gasteiger partial charge in [-0.05, 0) is 79.0 Å². The van der Waals surface area contributed by atoms with E-state index in [0.717, 1.165) is 29.1 Å². The van der Waals surface area contributed by atoms with Crippen molar-refractivity contribution in [3.8, 4) is 5.75 Å². The molecule has 0 aromatic heterocycles. The minimum absolute atomic E-state index is 0.0434. The molecule has 0 bridgehead atoms. The van der Waals surface area contributed by atoms with Crippen LogP contribution in [0.2, 0.25) is 0 Å². The summed E-state index contributed by atoms with van der Waals surface area (Å²) in [5.74, 6) is 0.852. The highest BCUT2D eigenvalue weighted by atomic mass is 16.6. The van der Waals surface area contributed by atoms with Crippen LogP contribution < -0.4 is 10.1 Å². The second-order valence-electron chi connectivity index (χ2n) is 14.0. The van der Waals surface area contributed by atoms with Gasteiger partial charge in [0.1, 0.15) is 23.6 Å². The molecule has 1 aliphatic heterocycles. The number of hydrogen-bond acceptors (Lipinski definition) is 4. The molecule has 0 fully saturated rings. The standard InChI is InChI=1S/C36H49NO3/c1-24(2)39-32-30-21-29(37-22-25-11-15-27(16-12-25)34(3,4)5)19-20-31(30)40-36(9,10)33(32)38-23-26-13-17-28(18-14-26)35(6,7)8/h11-21,24,32-33,37H,22-23H2,1-10H3.